The van der Waals surface area contributed by atoms with Crippen molar-refractivity contribution >= 4 is 28.6 Å². The molecular weight excluding hydrogens is 258 g/mol. The molecule has 8 heteroatoms. The van der Waals surface area contributed by atoms with Crippen LogP contribution in [0.5, 0.6) is 0 Å². The standard InChI is InChI=1S/C10H14ClN5O2/c11-10-14-8(12)7-9(15-10)16(5-13-7)2-1-6(3-17)4-18/h5-6,17-18H,1-4H2,(H2,12,14,15). The maximum atomic E-state index is 9.00. The van der Waals surface area contributed by atoms with E-state index in [9.17, 15) is 0 Å². The molecule has 18 heavy (non-hydrogen) atoms. The van der Waals surface area contributed by atoms with Gasteiger partial charge in [-0.05, 0) is 18.0 Å². The molecule has 0 saturated heterocycles. The minimum Gasteiger partial charge on any atom is -0.396 e. The number of aliphatic hydroxyl groups excluding tert-OH is 2. The number of aromatic nitrogens is 4. The van der Waals surface area contributed by atoms with Crippen molar-refractivity contribution in [1.29, 1.82) is 0 Å². The summed E-state index contributed by atoms with van der Waals surface area (Å²) >= 11 is 5.75. The summed E-state index contributed by atoms with van der Waals surface area (Å²) in [5.74, 6) is 0.0849. The van der Waals surface area contributed by atoms with Crippen molar-refractivity contribution in [3.8, 4) is 0 Å². The molecule has 0 aliphatic rings. The monoisotopic (exact) mass is 271 g/mol. The van der Waals surface area contributed by atoms with Gasteiger partial charge in [-0.15, -0.1) is 0 Å². The normalized spacial score (nSPS) is 11.6. The van der Waals surface area contributed by atoms with E-state index in [0.29, 0.717) is 24.1 Å². The molecule has 98 valence electrons. The van der Waals surface area contributed by atoms with Gasteiger partial charge in [0.15, 0.2) is 11.5 Å². The molecule has 0 fully saturated rings. The highest BCUT2D eigenvalue weighted by Crippen LogP contribution is 2.18. The lowest BCUT2D eigenvalue weighted by Crippen LogP contribution is -2.14. The van der Waals surface area contributed by atoms with E-state index >= 15 is 0 Å². The fraction of sp³-hybridized carbons (Fsp3) is 0.500. The predicted molar refractivity (Wildman–Crippen MR) is 67.0 cm³/mol. The van der Waals surface area contributed by atoms with Crippen LogP contribution in [0, 0.1) is 5.92 Å². The lowest BCUT2D eigenvalue weighted by Gasteiger charge is -2.11. The van der Waals surface area contributed by atoms with Crippen molar-refractivity contribution in [3.63, 3.8) is 0 Å². The Hall–Kier alpha value is -1.44. The van der Waals surface area contributed by atoms with Crippen LogP contribution in [-0.2, 0) is 6.54 Å². The highest BCUT2D eigenvalue weighted by atomic mass is 35.5. The Morgan fingerprint density at radius 1 is 1.33 bits per heavy atom. The van der Waals surface area contributed by atoms with Gasteiger partial charge < -0.3 is 20.5 Å². The number of aliphatic hydroxyl groups is 2. The van der Waals surface area contributed by atoms with Crippen LogP contribution in [0.2, 0.25) is 5.28 Å². The maximum absolute atomic E-state index is 9.00. The third kappa shape index (κ3) is 2.53. The van der Waals surface area contributed by atoms with E-state index in [4.69, 9.17) is 27.5 Å². The number of hydrogen-bond acceptors (Lipinski definition) is 6. The smallest absolute Gasteiger partial charge is 0.226 e. The van der Waals surface area contributed by atoms with E-state index < -0.39 is 0 Å². The quantitative estimate of drug-likeness (QED) is 0.663. The Kier molecular flexibility index (Phi) is 3.95. The summed E-state index contributed by atoms with van der Waals surface area (Å²) in [6.45, 7) is 0.455. The zero-order valence-electron chi connectivity index (χ0n) is 9.62. The van der Waals surface area contributed by atoms with Gasteiger partial charge in [0.25, 0.3) is 0 Å². The van der Waals surface area contributed by atoms with Crippen molar-refractivity contribution in [2.45, 2.75) is 13.0 Å². The van der Waals surface area contributed by atoms with Crippen molar-refractivity contribution in [2.24, 2.45) is 5.92 Å². The summed E-state index contributed by atoms with van der Waals surface area (Å²) in [6.07, 6.45) is 2.21. The third-order valence-corrected chi connectivity index (χ3v) is 2.93. The molecule has 0 aromatic carbocycles. The van der Waals surface area contributed by atoms with Crippen LogP contribution in [-0.4, -0.2) is 42.9 Å². The number of halogens is 1. The summed E-state index contributed by atoms with van der Waals surface area (Å²) in [4.78, 5) is 12.0. The van der Waals surface area contributed by atoms with Gasteiger partial charge in [0, 0.05) is 25.7 Å². The molecule has 0 radical (unpaired) electrons. The molecule has 0 aliphatic heterocycles. The number of hydrogen-bond donors (Lipinski definition) is 3. The number of nitrogens with two attached hydrogens (primary N) is 1. The van der Waals surface area contributed by atoms with Crippen LogP contribution in [0.25, 0.3) is 11.2 Å². The minimum absolute atomic E-state index is 0.0546. The summed E-state index contributed by atoms with van der Waals surface area (Å²) in [6, 6.07) is 0. The molecule has 0 amide bonds. The van der Waals surface area contributed by atoms with E-state index in [0.717, 1.165) is 0 Å². The van der Waals surface area contributed by atoms with Crippen LogP contribution < -0.4 is 5.73 Å². The number of fused-ring (bicyclic) bond motifs is 1. The van der Waals surface area contributed by atoms with Gasteiger partial charge in [-0.1, -0.05) is 0 Å². The molecule has 7 nitrogen and oxygen atoms in total. The average Bonchev–Trinajstić information content (AvgIpc) is 2.74. The van der Waals surface area contributed by atoms with Gasteiger partial charge >= 0.3 is 0 Å². The minimum atomic E-state index is -0.155. The van der Waals surface area contributed by atoms with Gasteiger partial charge in [0.1, 0.15) is 5.52 Å². The molecule has 2 heterocycles. The second kappa shape index (κ2) is 5.47. The Balaban J connectivity index is 2.24. The number of anilines is 1. The topological polar surface area (TPSA) is 110 Å². The number of nitrogen functional groups attached to an aromatic ring is 1. The fourth-order valence-electron chi connectivity index (χ4n) is 1.66. The summed E-state index contributed by atoms with van der Waals surface area (Å²) in [5, 5.41) is 18.1. The van der Waals surface area contributed by atoms with E-state index in [1.165, 1.54) is 0 Å². The molecule has 0 saturated carbocycles. The van der Waals surface area contributed by atoms with Crippen molar-refractivity contribution in [1.82, 2.24) is 19.5 Å². The van der Waals surface area contributed by atoms with E-state index in [1.54, 1.807) is 10.9 Å². The summed E-state index contributed by atoms with van der Waals surface area (Å²) < 4.78 is 1.78. The Morgan fingerprint density at radius 3 is 2.72 bits per heavy atom. The molecule has 0 bridgehead atoms. The number of nitrogens with zero attached hydrogens (tertiary/aromatic N) is 4. The maximum Gasteiger partial charge on any atom is 0.226 e. The second-order valence-electron chi connectivity index (χ2n) is 4.01. The van der Waals surface area contributed by atoms with E-state index in [-0.39, 0.29) is 30.2 Å². The average molecular weight is 272 g/mol. The molecule has 4 N–H and O–H groups in total. The first-order valence-corrected chi connectivity index (χ1v) is 5.89. The first-order chi connectivity index (χ1) is 8.65. The molecule has 2 rings (SSSR count). The van der Waals surface area contributed by atoms with Crippen LogP contribution in [0.3, 0.4) is 0 Å². The second-order valence-corrected chi connectivity index (χ2v) is 4.35. The Labute approximate surface area is 108 Å². The van der Waals surface area contributed by atoms with Crippen molar-refractivity contribution in [3.05, 3.63) is 11.6 Å². The first kappa shape index (κ1) is 13.0. The van der Waals surface area contributed by atoms with Crippen LogP contribution in [0.15, 0.2) is 6.33 Å². The van der Waals surface area contributed by atoms with Crippen LogP contribution in [0.1, 0.15) is 6.42 Å². The molecule has 2 aromatic rings. The van der Waals surface area contributed by atoms with Gasteiger partial charge in [-0.25, -0.2) is 4.98 Å². The van der Waals surface area contributed by atoms with Crippen LogP contribution in [0.4, 0.5) is 5.82 Å². The molecular formula is C10H14ClN5O2. The fourth-order valence-corrected chi connectivity index (χ4v) is 1.84. The number of aryl methyl sites for hydroxylation is 1. The lowest BCUT2D eigenvalue weighted by molar-refractivity contribution is 0.140. The third-order valence-electron chi connectivity index (χ3n) is 2.76. The zero-order chi connectivity index (χ0) is 13.1. The van der Waals surface area contributed by atoms with E-state index in [2.05, 4.69) is 15.0 Å². The summed E-state index contributed by atoms with van der Waals surface area (Å²) in [5.41, 5.74) is 6.75. The zero-order valence-corrected chi connectivity index (χ0v) is 10.4. The van der Waals surface area contributed by atoms with Gasteiger partial charge in [-0.2, -0.15) is 9.97 Å². The van der Waals surface area contributed by atoms with Crippen molar-refractivity contribution in [2.75, 3.05) is 18.9 Å². The SMILES string of the molecule is Nc1nc(Cl)nc2c1ncn2CCC(CO)CO. The molecule has 0 spiro atoms. The molecule has 2 aromatic heterocycles. The highest BCUT2D eigenvalue weighted by Gasteiger charge is 2.12. The van der Waals surface area contributed by atoms with Crippen LogP contribution >= 0.6 is 11.6 Å². The number of imidazole rings is 1. The lowest BCUT2D eigenvalue weighted by atomic mass is 10.1. The molecule has 0 unspecified atom stereocenters. The molecule has 0 atom stereocenters. The van der Waals surface area contributed by atoms with E-state index in [1.807, 2.05) is 0 Å². The predicted octanol–water partition coefficient (Wildman–Crippen LogP) is 0.0528. The van der Waals surface area contributed by atoms with Gasteiger partial charge in [0.2, 0.25) is 5.28 Å². The summed E-state index contributed by atoms with van der Waals surface area (Å²) in [7, 11) is 0. The highest BCUT2D eigenvalue weighted by molar-refractivity contribution is 6.28. The first-order valence-electron chi connectivity index (χ1n) is 5.51. The Morgan fingerprint density at radius 2 is 2.06 bits per heavy atom. The van der Waals surface area contributed by atoms with Crippen molar-refractivity contribution < 1.29 is 10.2 Å². The largest absolute Gasteiger partial charge is 0.396 e. The molecule has 0 aliphatic carbocycles. The Bertz CT molecular complexity index is 540. The van der Waals surface area contributed by atoms with Gasteiger partial charge in [0.05, 0.1) is 6.33 Å². The van der Waals surface area contributed by atoms with Gasteiger partial charge in [-0.3, -0.25) is 0 Å². The number of rotatable bonds is 5.